The summed E-state index contributed by atoms with van der Waals surface area (Å²) in [5, 5.41) is 6.91. The third-order valence-electron chi connectivity index (χ3n) is 11.4. The molecule has 0 amide bonds. The third-order valence-corrected chi connectivity index (χ3v) is 11.4. The molecule has 11 aromatic rings. The van der Waals surface area contributed by atoms with Gasteiger partial charge in [-0.2, -0.15) is 0 Å². The first-order valence-electron chi connectivity index (χ1n) is 19.3. The first-order chi connectivity index (χ1) is 28.2. The van der Waals surface area contributed by atoms with E-state index in [1.165, 1.54) is 27.6 Å². The van der Waals surface area contributed by atoms with Crippen LogP contribution in [-0.2, 0) is 0 Å². The summed E-state index contributed by atoms with van der Waals surface area (Å²) >= 11 is 0. The second-order valence-electron chi connectivity index (χ2n) is 14.8. The lowest BCUT2D eigenvalue weighted by Gasteiger charge is -2.13. The van der Waals surface area contributed by atoms with Crippen LogP contribution in [0.15, 0.2) is 192 Å². The molecule has 0 atom stereocenters. The van der Waals surface area contributed by atoms with Gasteiger partial charge in [0.15, 0.2) is 17.5 Å². The van der Waals surface area contributed by atoms with Crippen LogP contribution in [-0.4, -0.2) is 15.0 Å². The smallest absolute Gasteiger partial charge is 0.164 e. The Balaban J connectivity index is 1.03. The number of hydrogen-bond donors (Lipinski definition) is 0. The van der Waals surface area contributed by atoms with E-state index in [2.05, 4.69) is 152 Å². The van der Waals surface area contributed by atoms with Crippen LogP contribution >= 0.6 is 0 Å². The molecule has 4 heteroatoms. The first-order valence-corrected chi connectivity index (χ1v) is 19.3. The van der Waals surface area contributed by atoms with Gasteiger partial charge >= 0.3 is 0 Å². The maximum atomic E-state index is 6.83. The van der Waals surface area contributed by atoms with Crippen LogP contribution < -0.4 is 0 Å². The van der Waals surface area contributed by atoms with Crippen molar-refractivity contribution in [3.05, 3.63) is 188 Å². The zero-order chi connectivity index (χ0) is 37.5. The number of nitrogens with zero attached hydrogens (tertiary/aromatic N) is 3. The second-order valence-corrected chi connectivity index (χ2v) is 14.8. The van der Waals surface area contributed by atoms with Gasteiger partial charge in [0.1, 0.15) is 11.2 Å². The Morgan fingerprint density at radius 3 is 1.74 bits per heavy atom. The molecule has 0 fully saturated rings. The van der Waals surface area contributed by atoms with Crippen molar-refractivity contribution in [2.75, 3.05) is 0 Å². The summed E-state index contributed by atoms with van der Waals surface area (Å²) in [6.45, 7) is 0. The molecule has 12 rings (SSSR count). The van der Waals surface area contributed by atoms with Gasteiger partial charge in [0.05, 0.1) is 0 Å². The van der Waals surface area contributed by atoms with E-state index in [1.807, 2.05) is 36.4 Å². The molecule has 0 aliphatic heterocycles. The van der Waals surface area contributed by atoms with Gasteiger partial charge in [0, 0.05) is 38.2 Å². The van der Waals surface area contributed by atoms with Gasteiger partial charge in [-0.3, -0.25) is 0 Å². The Bertz CT molecular complexity index is 3400. The molecule has 2 aromatic heterocycles. The number of aromatic nitrogens is 3. The minimum Gasteiger partial charge on any atom is -0.455 e. The highest BCUT2D eigenvalue weighted by molar-refractivity contribution is 6.26. The molecule has 0 spiro atoms. The summed E-state index contributed by atoms with van der Waals surface area (Å²) in [5.74, 6) is 1.87. The van der Waals surface area contributed by atoms with E-state index < -0.39 is 0 Å². The Labute approximate surface area is 328 Å². The SMILES string of the molecule is c1ccc(-c2cccc(-c3nc(-c4ccccc4)nc(-c4cc(-c5ccc6c(c5)oc5c7cccc8c7c(cc65)-c5ccccc5-8)c5ccccc5c4)n3)c2)cc1. The van der Waals surface area contributed by atoms with Crippen molar-refractivity contribution in [3.8, 4) is 78.7 Å². The van der Waals surface area contributed by atoms with Crippen LogP contribution in [0.25, 0.3) is 122 Å². The summed E-state index contributed by atoms with van der Waals surface area (Å²) in [7, 11) is 0. The molecule has 264 valence electrons. The van der Waals surface area contributed by atoms with E-state index in [4.69, 9.17) is 19.4 Å². The maximum Gasteiger partial charge on any atom is 0.164 e. The quantitative estimate of drug-likeness (QED) is 0.177. The summed E-state index contributed by atoms with van der Waals surface area (Å²) in [6.07, 6.45) is 0. The van der Waals surface area contributed by atoms with Crippen molar-refractivity contribution in [2.45, 2.75) is 0 Å². The molecular formula is C53H31N3O. The van der Waals surface area contributed by atoms with Crippen molar-refractivity contribution in [2.24, 2.45) is 0 Å². The normalized spacial score (nSPS) is 11.9. The second kappa shape index (κ2) is 12.4. The van der Waals surface area contributed by atoms with Crippen molar-refractivity contribution in [1.29, 1.82) is 0 Å². The van der Waals surface area contributed by atoms with Gasteiger partial charge in [0.25, 0.3) is 0 Å². The predicted molar refractivity (Wildman–Crippen MR) is 234 cm³/mol. The topological polar surface area (TPSA) is 51.8 Å². The zero-order valence-electron chi connectivity index (χ0n) is 30.6. The average Bonchev–Trinajstić information content (AvgIpc) is 3.82. The third kappa shape index (κ3) is 5.04. The summed E-state index contributed by atoms with van der Waals surface area (Å²) in [5.41, 5.74) is 14.1. The Morgan fingerprint density at radius 1 is 0.298 bits per heavy atom. The largest absolute Gasteiger partial charge is 0.455 e. The molecule has 1 aliphatic carbocycles. The van der Waals surface area contributed by atoms with Crippen molar-refractivity contribution >= 4 is 43.5 Å². The number of hydrogen-bond acceptors (Lipinski definition) is 4. The minimum absolute atomic E-state index is 0.616. The van der Waals surface area contributed by atoms with Gasteiger partial charge < -0.3 is 4.42 Å². The molecule has 0 radical (unpaired) electrons. The van der Waals surface area contributed by atoms with Crippen LogP contribution in [0.5, 0.6) is 0 Å². The van der Waals surface area contributed by atoms with Crippen LogP contribution in [0.1, 0.15) is 0 Å². The standard InChI is InChI=1S/C53H31N3O/c1-3-13-32(14-4-1)34-18-11-19-37(27-34)52-54-51(33-15-5-2-6-16-33)55-53(56-52)38-28-35-17-7-8-20-39(35)45(29-38)36-25-26-42-47-31-46-41-22-10-9-21-40(41)43-23-12-24-44(49(43)46)50(47)57-48(42)30-36/h1-31H. The van der Waals surface area contributed by atoms with Crippen molar-refractivity contribution in [3.63, 3.8) is 0 Å². The summed E-state index contributed by atoms with van der Waals surface area (Å²) in [6, 6.07) is 66.1. The van der Waals surface area contributed by atoms with Crippen LogP contribution in [0.2, 0.25) is 0 Å². The zero-order valence-corrected chi connectivity index (χ0v) is 30.6. The van der Waals surface area contributed by atoms with E-state index in [-0.39, 0.29) is 0 Å². The Kier molecular flexibility index (Phi) is 6.89. The Morgan fingerprint density at radius 2 is 0.912 bits per heavy atom. The predicted octanol–water partition coefficient (Wildman–Crippen LogP) is 14.1. The fourth-order valence-electron chi connectivity index (χ4n) is 8.76. The maximum absolute atomic E-state index is 6.83. The van der Waals surface area contributed by atoms with Crippen molar-refractivity contribution in [1.82, 2.24) is 15.0 Å². The lowest BCUT2D eigenvalue weighted by atomic mass is 9.94. The highest BCUT2D eigenvalue weighted by Crippen LogP contribution is 2.51. The monoisotopic (exact) mass is 725 g/mol. The highest BCUT2D eigenvalue weighted by atomic mass is 16.3. The number of benzene rings is 9. The van der Waals surface area contributed by atoms with Gasteiger partial charge in [-0.05, 0) is 91.7 Å². The summed E-state index contributed by atoms with van der Waals surface area (Å²) < 4.78 is 6.83. The Hall–Kier alpha value is -7.69. The molecule has 57 heavy (non-hydrogen) atoms. The fraction of sp³-hybridized carbons (Fsp3) is 0. The van der Waals surface area contributed by atoms with E-state index in [1.54, 1.807) is 0 Å². The number of fused-ring (bicyclic) bond motifs is 8. The molecular weight excluding hydrogens is 695 g/mol. The summed E-state index contributed by atoms with van der Waals surface area (Å²) in [4.78, 5) is 15.4. The van der Waals surface area contributed by atoms with Gasteiger partial charge in [-0.1, -0.05) is 152 Å². The number of rotatable bonds is 5. The molecule has 4 nitrogen and oxygen atoms in total. The molecule has 0 bridgehead atoms. The van der Waals surface area contributed by atoms with Gasteiger partial charge in [-0.25, -0.2) is 15.0 Å². The highest BCUT2D eigenvalue weighted by Gasteiger charge is 2.25. The molecule has 1 aliphatic rings. The lowest BCUT2D eigenvalue weighted by molar-refractivity contribution is 0.673. The molecule has 0 N–H and O–H groups in total. The van der Waals surface area contributed by atoms with E-state index in [0.717, 1.165) is 77.0 Å². The molecule has 9 aromatic carbocycles. The fourth-order valence-corrected chi connectivity index (χ4v) is 8.76. The van der Waals surface area contributed by atoms with E-state index in [0.29, 0.717) is 17.5 Å². The molecule has 2 heterocycles. The van der Waals surface area contributed by atoms with Crippen LogP contribution in [0.3, 0.4) is 0 Å². The number of furan rings is 1. The first kappa shape index (κ1) is 31.6. The minimum atomic E-state index is 0.616. The molecule has 0 saturated heterocycles. The van der Waals surface area contributed by atoms with E-state index >= 15 is 0 Å². The average molecular weight is 726 g/mol. The van der Waals surface area contributed by atoms with Crippen LogP contribution in [0.4, 0.5) is 0 Å². The van der Waals surface area contributed by atoms with E-state index in [9.17, 15) is 0 Å². The lowest BCUT2D eigenvalue weighted by Crippen LogP contribution is -2.00. The van der Waals surface area contributed by atoms with Gasteiger partial charge in [-0.15, -0.1) is 0 Å². The van der Waals surface area contributed by atoms with Crippen molar-refractivity contribution < 1.29 is 4.42 Å². The molecule has 0 saturated carbocycles. The van der Waals surface area contributed by atoms with Crippen LogP contribution in [0, 0.1) is 0 Å². The molecule has 0 unspecified atom stereocenters. The van der Waals surface area contributed by atoms with Gasteiger partial charge in [0.2, 0.25) is 0 Å².